The van der Waals surface area contributed by atoms with Gasteiger partial charge < -0.3 is 15.5 Å². The summed E-state index contributed by atoms with van der Waals surface area (Å²) in [7, 11) is 4.23. The first kappa shape index (κ1) is 16.7. The minimum Gasteiger partial charge on any atom is -0.337 e. The smallest absolute Gasteiger partial charge is 0.315 e. The highest BCUT2D eigenvalue weighted by Gasteiger charge is 2.22. The summed E-state index contributed by atoms with van der Waals surface area (Å²) in [6.45, 7) is 4.21. The monoisotopic (exact) mass is 327 g/mol. The number of rotatable bonds is 4. The number of hydrogen-bond acceptors (Lipinski definition) is 4. The highest BCUT2D eigenvalue weighted by molar-refractivity contribution is 5.82. The Balaban J connectivity index is 1.52. The number of benzene rings is 1. The van der Waals surface area contributed by atoms with Crippen LogP contribution in [0.4, 0.5) is 4.79 Å². The standard InChI is InChI=1S/C18H25N5O/c1-22-9-10-23(2)16(13-22)12-21-18(24)20-11-15-6-3-5-14-7-4-8-19-17(14)15/h3-8,16H,9-13H2,1-2H3,(H2,20,21,24)/t16-/m1/s1. The predicted octanol–water partition coefficient (Wildman–Crippen LogP) is 1.28. The molecule has 1 aliphatic heterocycles. The van der Waals surface area contributed by atoms with E-state index >= 15 is 0 Å². The molecule has 1 saturated heterocycles. The molecule has 0 bridgehead atoms. The number of urea groups is 1. The Morgan fingerprint density at radius 3 is 2.92 bits per heavy atom. The number of piperazine rings is 1. The van der Waals surface area contributed by atoms with Crippen LogP contribution in [0.25, 0.3) is 10.9 Å². The molecular weight excluding hydrogens is 302 g/mol. The van der Waals surface area contributed by atoms with E-state index in [4.69, 9.17) is 0 Å². The number of nitrogens with zero attached hydrogens (tertiary/aromatic N) is 3. The van der Waals surface area contributed by atoms with Gasteiger partial charge in [-0.1, -0.05) is 24.3 Å². The maximum Gasteiger partial charge on any atom is 0.315 e. The van der Waals surface area contributed by atoms with Gasteiger partial charge in [-0.05, 0) is 25.7 Å². The number of carbonyl (C=O) groups excluding carboxylic acids is 1. The van der Waals surface area contributed by atoms with Gasteiger partial charge in [0.15, 0.2) is 0 Å². The van der Waals surface area contributed by atoms with Crippen molar-refractivity contribution in [1.29, 1.82) is 0 Å². The third-order valence-corrected chi connectivity index (χ3v) is 4.63. The lowest BCUT2D eigenvalue weighted by atomic mass is 10.1. The summed E-state index contributed by atoms with van der Waals surface area (Å²) in [4.78, 5) is 21.1. The van der Waals surface area contributed by atoms with Crippen LogP contribution in [0.15, 0.2) is 36.5 Å². The van der Waals surface area contributed by atoms with Crippen LogP contribution >= 0.6 is 0 Å². The Morgan fingerprint density at radius 1 is 1.21 bits per heavy atom. The van der Waals surface area contributed by atoms with Gasteiger partial charge in [-0.2, -0.15) is 0 Å². The summed E-state index contributed by atoms with van der Waals surface area (Å²) in [5, 5.41) is 7.00. The van der Waals surface area contributed by atoms with E-state index in [1.54, 1.807) is 6.20 Å². The Labute approximate surface area is 142 Å². The van der Waals surface area contributed by atoms with E-state index in [2.05, 4.69) is 39.5 Å². The van der Waals surface area contributed by atoms with Crippen LogP contribution in [-0.4, -0.2) is 67.1 Å². The number of aromatic nitrogens is 1. The average molecular weight is 327 g/mol. The molecule has 0 aliphatic carbocycles. The number of pyridine rings is 1. The molecule has 1 atom stereocenters. The normalized spacial score (nSPS) is 19.3. The SMILES string of the molecule is CN1CCN(C)[C@H](CNC(=O)NCc2cccc3cccnc23)C1. The minimum absolute atomic E-state index is 0.135. The number of carbonyl (C=O) groups is 1. The summed E-state index contributed by atoms with van der Waals surface area (Å²) < 4.78 is 0. The van der Waals surface area contributed by atoms with Crippen LogP contribution in [0.2, 0.25) is 0 Å². The van der Waals surface area contributed by atoms with E-state index < -0.39 is 0 Å². The van der Waals surface area contributed by atoms with Gasteiger partial charge in [0.2, 0.25) is 0 Å². The highest BCUT2D eigenvalue weighted by atomic mass is 16.2. The molecule has 6 heteroatoms. The molecule has 1 aliphatic rings. The quantitative estimate of drug-likeness (QED) is 0.888. The molecular formula is C18H25N5O. The molecule has 1 aromatic heterocycles. The maximum atomic E-state index is 12.1. The summed E-state index contributed by atoms with van der Waals surface area (Å²) in [6, 6.07) is 10.2. The van der Waals surface area contributed by atoms with Gasteiger partial charge in [0.05, 0.1) is 5.52 Å². The minimum atomic E-state index is -0.135. The second kappa shape index (κ2) is 7.59. The van der Waals surface area contributed by atoms with Crippen LogP contribution in [0.5, 0.6) is 0 Å². The molecule has 0 saturated carbocycles. The van der Waals surface area contributed by atoms with Crippen LogP contribution in [-0.2, 0) is 6.54 Å². The first-order chi connectivity index (χ1) is 11.6. The van der Waals surface area contributed by atoms with E-state index in [1.807, 2.05) is 30.3 Å². The molecule has 2 aromatic rings. The van der Waals surface area contributed by atoms with Crippen molar-refractivity contribution >= 4 is 16.9 Å². The first-order valence-corrected chi connectivity index (χ1v) is 8.36. The lowest BCUT2D eigenvalue weighted by molar-refractivity contribution is 0.114. The van der Waals surface area contributed by atoms with Gasteiger partial charge in [-0.15, -0.1) is 0 Å². The third kappa shape index (κ3) is 4.01. The Morgan fingerprint density at radius 2 is 2.04 bits per heavy atom. The van der Waals surface area contributed by atoms with Crippen molar-refractivity contribution in [3.05, 3.63) is 42.1 Å². The maximum absolute atomic E-state index is 12.1. The van der Waals surface area contributed by atoms with Crippen molar-refractivity contribution in [2.24, 2.45) is 0 Å². The topological polar surface area (TPSA) is 60.5 Å². The molecule has 128 valence electrons. The predicted molar refractivity (Wildman–Crippen MR) is 95.9 cm³/mol. The van der Waals surface area contributed by atoms with Gasteiger partial charge in [-0.25, -0.2) is 4.79 Å². The van der Waals surface area contributed by atoms with E-state index in [9.17, 15) is 4.79 Å². The number of hydrogen-bond donors (Lipinski definition) is 2. The van der Waals surface area contributed by atoms with Crippen molar-refractivity contribution in [2.75, 3.05) is 40.3 Å². The van der Waals surface area contributed by atoms with Crippen molar-refractivity contribution in [3.63, 3.8) is 0 Å². The largest absolute Gasteiger partial charge is 0.337 e. The molecule has 0 radical (unpaired) electrons. The molecule has 2 heterocycles. The van der Waals surface area contributed by atoms with E-state index in [0.717, 1.165) is 36.1 Å². The fourth-order valence-corrected chi connectivity index (χ4v) is 3.08. The fraction of sp³-hybridized carbons (Fsp3) is 0.444. The van der Waals surface area contributed by atoms with Crippen molar-refractivity contribution in [1.82, 2.24) is 25.4 Å². The van der Waals surface area contributed by atoms with Crippen molar-refractivity contribution in [3.8, 4) is 0 Å². The van der Waals surface area contributed by atoms with E-state index in [1.165, 1.54) is 0 Å². The second-order valence-electron chi connectivity index (χ2n) is 6.45. The first-order valence-electron chi connectivity index (χ1n) is 8.36. The van der Waals surface area contributed by atoms with Crippen LogP contribution in [0.1, 0.15) is 5.56 Å². The lowest BCUT2D eigenvalue weighted by Crippen LogP contribution is -2.55. The molecule has 2 amide bonds. The van der Waals surface area contributed by atoms with Gasteiger partial charge in [0, 0.05) is 50.3 Å². The summed E-state index contributed by atoms with van der Waals surface area (Å²) in [5.41, 5.74) is 1.96. The number of likely N-dealkylation sites (N-methyl/N-ethyl adjacent to an activating group) is 2. The highest BCUT2D eigenvalue weighted by Crippen LogP contribution is 2.15. The lowest BCUT2D eigenvalue weighted by Gasteiger charge is -2.37. The average Bonchev–Trinajstić information content (AvgIpc) is 2.60. The molecule has 1 aromatic carbocycles. The summed E-state index contributed by atoms with van der Waals surface area (Å²) in [6.07, 6.45) is 1.78. The Bertz CT molecular complexity index is 699. The second-order valence-corrected chi connectivity index (χ2v) is 6.45. The summed E-state index contributed by atoms with van der Waals surface area (Å²) >= 11 is 0. The molecule has 2 N–H and O–H groups in total. The molecule has 0 spiro atoms. The number of nitrogens with one attached hydrogen (secondary N) is 2. The van der Waals surface area contributed by atoms with Crippen LogP contribution in [0.3, 0.4) is 0 Å². The summed E-state index contributed by atoms with van der Waals surface area (Å²) in [5.74, 6) is 0. The Hall–Kier alpha value is -2.18. The Kier molecular flexibility index (Phi) is 5.27. The molecule has 3 rings (SSSR count). The molecule has 1 fully saturated rings. The zero-order valence-electron chi connectivity index (χ0n) is 14.3. The van der Waals surface area contributed by atoms with Gasteiger partial charge in [-0.3, -0.25) is 9.88 Å². The molecule has 0 unspecified atom stereocenters. The van der Waals surface area contributed by atoms with Gasteiger partial charge in [0.1, 0.15) is 0 Å². The van der Waals surface area contributed by atoms with E-state index in [0.29, 0.717) is 19.1 Å². The van der Waals surface area contributed by atoms with Crippen molar-refractivity contribution in [2.45, 2.75) is 12.6 Å². The van der Waals surface area contributed by atoms with Gasteiger partial charge in [0.25, 0.3) is 0 Å². The fourth-order valence-electron chi connectivity index (χ4n) is 3.08. The van der Waals surface area contributed by atoms with E-state index in [-0.39, 0.29) is 6.03 Å². The molecule has 6 nitrogen and oxygen atoms in total. The zero-order valence-corrected chi connectivity index (χ0v) is 14.3. The number of amides is 2. The number of fused-ring (bicyclic) bond motifs is 1. The van der Waals surface area contributed by atoms with Crippen LogP contribution in [0, 0.1) is 0 Å². The van der Waals surface area contributed by atoms with Gasteiger partial charge >= 0.3 is 6.03 Å². The zero-order chi connectivity index (χ0) is 16.9. The number of para-hydroxylation sites is 1. The van der Waals surface area contributed by atoms with Crippen LogP contribution < -0.4 is 10.6 Å². The third-order valence-electron chi connectivity index (χ3n) is 4.63. The van der Waals surface area contributed by atoms with Crippen molar-refractivity contribution < 1.29 is 4.79 Å². The molecule has 24 heavy (non-hydrogen) atoms.